The van der Waals surface area contributed by atoms with Crippen molar-refractivity contribution in [3.8, 4) is 0 Å². The number of carbonyl (C=O) groups is 1. The van der Waals surface area contributed by atoms with Crippen LogP contribution in [0.2, 0.25) is 0 Å². The second-order valence-electron chi connectivity index (χ2n) is 3.04. The number of rotatable bonds is 2. The Morgan fingerprint density at radius 2 is 2.18 bits per heavy atom. The minimum Gasteiger partial charge on any atom is -0.481 e. The molecule has 0 aromatic rings. The van der Waals surface area contributed by atoms with Crippen molar-refractivity contribution in [3.63, 3.8) is 0 Å². The molecule has 0 amide bonds. The minimum absolute atomic E-state index is 0. The van der Waals surface area contributed by atoms with E-state index in [4.69, 9.17) is 10.8 Å². The van der Waals surface area contributed by atoms with E-state index in [9.17, 15) is 4.79 Å². The van der Waals surface area contributed by atoms with Crippen molar-refractivity contribution in [3.05, 3.63) is 0 Å². The van der Waals surface area contributed by atoms with Crippen LogP contribution in [-0.4, -0.2) is 17.1 Å². The summed E-state index contributed by atoms with van der Waals surface area (Å²) < 4.78 is 0. The van der Waals surface area contributed by atoms with Crippen molar-refractivity contribution in [2.75, 3.05) is 0 Å². The number of hydrogen-bond donors (Lipinski definition) is 2. The highest BCUT2D eigenvalue weighted by atomic mass is 35.5. The van der Waals surface area contributed by atoms with Gasteiger partial charge < -0.3 is 10.8 Å². The number of nitrogens with two attached hydrogens (primary N) is 1. The summed E-state index contributed by atoms with van der Waals surface area (Å²) in [6.45, 7) is 0. The Hall–Kier alpha value is -0.280. The van der Waals surface area contributed by atoms with E-state index >= 15 is 0 Å². The molecular weight excluding hydrogens is 166 g/mol. The van der Waals surface area contributed by atoms with Crippen LogP contribution in [0.25, 0.3) is 0 Å². The van der Waals surface area contributed by atoms with Crippen LogP contribution >= 0.6 is 12.4 Å². The predicted molar refractivity (Wildman–Crippen MR) is 44.8 cm³/mol. The molecule has 0 bridgehead atoms. The number of carboxylic acids is 1. The molecule has 0 spiro atoms. The number of carboxylic acid groups (broad SMARTS) is 1. The Bertz CT molecular complexity index is 140. The van der Waals surface area contributed by atoms with E-state index < -0.39 is 5.97 Å². The van der Waals surface area contributed by atoms with Crippen molar-refractivity contribution in [1.82, 2.24) is 0 Å². The zero-order valence-electron chi connectivity index (χ0n) is 6.32. The normalized spacial score (nSPS) is 29.5. The van der Waals surface area contributed by atoms with Gasteiger partial charge in [-0.25, -0.2) is 0 Å². The maximum atomic E-state index is 10.2. The van der Waals surface area contributed by atoms with Crippen LogP contribution in [0, 0.1) is 5.92 Å². The van der Waals surface area contributed by atoms with Gasteiger partial charge in [0.2, 0.25) is 0 Å². The van der Waals surface area contributed by atoms with Crippen LogP contribution in [0.1, 0.15) is 25.7 Å². The molecule has 1 fully saturated rings. The van der Waals surface area contributed by atoms with E-state index in [2.05, 4.69) is 0 Å². The molecule has 11 heavy (non-hydrogen) atoms. The van der Waals surface area contributed by atoms with E-state index in [0.717, 1.165) is 19.3 Å². The van der Waals surface area contributed by atoms with E-state index in [1.54, 1.807) is 0 Å². The van der Waals surface area contributed by atoms with Crippen molar-refractivity contribution in [2.45, 2.75) is 31.7 Å². The Labute approximate surface area is 72.4 Å². The van der Waals surface area contributed by atoms with Gasteiger partial charge in [0.15, 0.2) is 0 Å². The Kier molecular flexibility index (Phi) is 4.45. The standard InChI is InChI=1S/C7H13NO2.ClH/c8-6-2-1-5(3-6)4-7(9)10;/h5-6H,1-4,8H2,(H,9,10);1H. The molecule has 1 rings (SSSR count). The van der Waals surface area contributed by atoms with Crippen molar-refractivity contribution < 1.29 is 9.90 Å². The van der Waals surface area contributed by atoms with Crippen molar-refractivity contribution in [1.29, 1.82) is 0 Å². The fourth-order valence-electron chi connectivity index (χ4n) is 1.55. The largest absolute Gasteiger partial charge is 0.481 e. The second-order valence-corrected chi connectivity index (χ2v) is 3.04. The molecular formula is C7H14ClNO2. The number of aliphatic carboxylic acids is 1. The topological polar surface area (TPSA) is 63.3 Å². The van der Waals surface area contributed by atoms with Gasteiger partial charge in [-0.2, -0.15) is 0 Å². The Morgan fingerprint density at radius 1 is 1.55 bits per heavy atom. The van der Waals surface area contributed by atoms with Gasteiger partial charge in [-0.05, 0) is 25.2 Å². The lowest BCUT2D eigenvalue weighted by Crippen LogP contribution is -2.15. The zero-order valence-corrected chi connectivity index (χ0v) is 7.14. The van der Waals surface area contributed by atoms with Crippen molar-refractivity contribution in [2.24, 2.45) is 11.7 Å². The highest BCUT2D eigenvalue weighted by molar-refractivity contribution is 5.85. The summed E-state index contributed by atoms with van der Waals surface area (Å²) in [4.78, 5) is 10.2. The SMILES string of the molecule is Cl.NC1CCC(CC(=O)O)C1. The highest BCUT2D eigenvalue weighted by Gasteiger charge is 2.23. The lowest BCUT2D eigenvalue weighted by Gasteiger charge is -2.03. The quantitative estimate of drug-likeness (QED) is 0.665. The summed E-state index contributed by atoms with van der Waals surface area (Å²) in [7, 11) is 0. The number of halogens is 1. The molecule has 3 nitrogen and oxygen atoms in total. The average molecular weight is 180 g/mol. The molecule has 1 aliphatic rings. The van der Waals surface area contributed by atoms with Gasteiger partial charge in [0.1, 0.15) is 0 Å². The monoisotopic (exact) mass is 179 g/mol. The predicted octanol–water partition coefficient (Wildman–Crippen LogP) is 1.01. The number of hydrogen-bond acceptors (Lipinski definition) is 2. The summed E-state index contributed by atoms with van der Waals surface area (Å²) >= 11 is 0. The fourth-order valence-corrected chi connectivity index (χ4v) is 1.55. The van der Waals surface area contributed by atoms with Gasteiger partial charge >= 0.3 is 5.97 Å². The minimum atomic E-state index is -0.695. The van der Waals surface area contributed by atoms with E-state index in [1.165, 1.54) is 0 Å². The van der Waals surface area contributed by atoms with Crippen molar-refractivity contribution >= 4 is 18.4 Å². The molecule has 0 radical (unpaired) electrons. The summed E-state index contributed by atoms with van der Waals surface area (Å²) in [5, 5.41) is 8.42. The van der Waals surface area contributed by atoms with E-state index in [0.29, 0.717) is 12.3 Å². The van der Waals surface area contributed by atoms with Gasteiger partial charge in [0, 0.05) is 12.5 Å². The molecule has 0 saturated heterocycles. The second kappa shape index (κ2) is 4.57. The van der Waals surface area contributed by atoms with Crippen LogP contribution in [-0.2, 0) is 4.79 Å². The van der Waals surface area contributed by atoms with Gasteiger partial charge in [-0.1, -0.05) is 0 Å². The lowest BCUT2D eigenvalue weighted by molar-refractivity contribution is -0.138. The molecule has 0 aromatic carbocycles. The first-order valence-electron chi connectivity index (χ1n) is 3.66. The first-order chi connectivity index (χ1) is 4.68. The molecule has 66 valence electrons. The van der Waals surface area contributed by atoms with Gasteiger partial charge in [-0.3, -0.25) is 4.79 Å². The molecule has 1 aliphatic carbocycles. The Morgan fingerprint density at radius 3 is 2.55 bits per heavy atom. The summed E-state index contributed by atoms with van der Waals surface area (Å²) in [5.41, 5.74) is 5.61. The maximum absolute atomic E-state index is 10.2. The van der Waals surface area contributed by atoms with Crippen LogP contribution in [0.5, 0.6) is 0 Å². The molecule has 0 heterocycles. The highest BCUT2D eigenvalue weighted by Crippen LogP contribution is 2.26. The van der Waals surface area contributed by atoms with Gasteiger partial charge in [0.05, 0.1) is 0 Å². The first-order valence-corrected chi connectivity index (χ1v) is 3.66. The van der Waals surface area contributed by atoms with Crippen LogP contribution in [0.3, 0.4) is 0 Å². The van der Waals surface area contributed by atoms with E-state index in [-0.39, 0.29) is 18.4 Å². The van der Waals surface area contributed by atoms with Gasteiger partial charge in [0.25, 0.3) is 0 Å². The molecule has 2 unspecified atom stereocenters. The molecule has 0 aliphatic heterocycles. The maximum Gasteiger partial charge on any atom is 0.303 e. The molecule has 4 heteroatoms. The molecule has 0 aromatic heterocycles. The third-order valence-electron chi connectivity index (χ3n) is 2.05. The summed E-state index contributed by atoms with van der Waals surface area (Å²) in [6.07, 6.45) is 3.19. The fraction of sp³-hybridized carbons (Fsp3) is 0.857. The van der Waals surface area contributed by atoms with E-state index in [1.807, 2.05) is 0 Å². The van der Waals surface area contributed by atoms with Gasteiger partial charge in [-0.15, -0.1) is 12.4 Å². The lowest BCUT2D eigenvalue weighted by atomic mass is 10.0. The van der Waals surface area contributed by atoms with Crippen LogP contribution in [0.4, 0.5) is 0 Å². The molecule has 2 atom stereocenters. The molecule has 1 saturated carbocycles. The third kappa shape index (κ3) is 3.58. The van der Waals surface area contributed by atoms with Crippen LogP contribution in [0.15, 0.2) is 0 Å². The molecule has 3 N–H and O–H groups in total. The Balaban J connectivity index is 0.000001000. The third-order valence-corrected chi connectivity index (χ3v) is 2.05. The average Bonchev–Trinajstić information content (AvgIpc) is 2.13. The summed E-state index contributed by atoms with van der Waals surface area (Å²) in [6, 6.07) is 0.254. The smallest absolute Gasteiger partial charge is 0.303 e. The first kappa shape index (κ1) is 10.7. The summed E-state index contributed by atoms with van der Waals surface area (Å²) in [5.74, 6) is -0.355. The zero-order chi connectivity index (χ0) is 7.56. The van der Waals surface area contributed by atoms with Crippen LogP contribution < -0.4 is 5.73 Å².